The summed E-state index contributed by atoms with van der Waals surface area (Å²) >= 11 is 0. The molecule has 0 aliphatic carbocycles. The van der Waals surface area contributed by atoms with Crippen molar-refractivity contribution in [1.29, 1.82) is 0 Å². The molecule has 0 rings (SSSR count). The minimum Gasteiger partial charge on any atom is -0.444 e. The fourth-order valence-corrected chi connectivity index (χ4v) is 0.911. The number of ether oxygens (including phenoxy) is 1. The van der Waals surface area contributed by atoms with Gasteiger partial charge < -0.3 is 21.1 Å². The molecule has 0 aromatic carbocycles. The highest BCUT2D eigenvalue weighted by Crippen LogP contribution is 2.05. The second-order valence-corrected chi connectivity index (χ2v) is 4.35. The summed E-state index contributed by atoms with van der Waals surface area (Å²) in [7, 11) is 0. The first-order chi connectivity index (χ1) is 7.45. The van der Waals surface area contributed by atoms with E-state index in [-0.39, 0.29) is 0 Å². The molecule has 0 aliphatic heterocycles. The Morgan fingerprint density at radius 3 is 2.50 bits per heavy atom. The number of rotatable bonds is 6. The van der Waals surface area contributed by atoms with Gasteiger partial charge in [-0.25, -0.2) is 4.79 Å². The maximum absolute atomic E-state index is 11.2. The average molecular weight is 229 g/mol. The van der Waals surface area contributed by atoms with E-state index in [4.69, 9.17) is 10.5 Å². The Labute approximate surface area is 97.4 Å². The van der Waals surface area contributed by atoms with E-state index in [0.717, 1.165) is 13.1 Å². The van der Waals surface area contributed by atoms with Gasteiger partial charge in [0.2, 0.25) is 0 Å². The molecule has 5 nitrogen and oxygen atoms in total. The monoisotopic (exact) mass is 229 g/mol. The number of hydrogen-bond acceptors (Lipinski definition) is 4. The third-order valence-corrected chi connectivity index (χ3v) is 1.51. The van der Waals surface area contributed by atoms with Crippen LogP contribution in [0.25, 0.3) is 0 Å². The van der Waals surface area contributed by atoms with Crippen molar-refractivity contribution in [2.24, 2.45) is 5.73 Å². The predicted molar refractivity (Wildman–Crippen MR) is 65.3 cm³/mol. The lowest BCUT2D eigenvalue weighted by atomic mass is 10.2. The Hall–Kier alpha value is -1.07. The summed E-state index contributed by atoms with van der Waals surface area (Å²) in [5, 5.41) is 5.74. The molecule has 0 heterocycles. The van der Waals surface area contributed by atoms with Crippen molar-refractivity contribution in [3.8, 4) is 0 Å². The third kappa shape index (κ3) is 11.0. The number of carbonyl (C=O) groups excluding carboxylic acids is 1. The van der Waals surface area contributed by atoms with Crippen LogP contribution in [0.2, 0.25) is 0 Å². The molecule has 5 heteroatoms. The zero-order chi connectivity index (χ0) is 12.4. The van der Waals surface area contributed by atoms with Gasteiger partial charge in [0, 0.05) is 26.2 Å². The highest BCUT2D eigenvalue weighted by atomic mass is 16.6. The molecule has 4 N–H and O–H groups in total. The van der Waals surface area contributed by atoms with Gasteiger partial charge in [0.15, 0.2) is 0 Å². The zero-order valence-corrected chi connectivity index (χ0v) is 10.4. The molecule has 1 amide bonds. The second kappa shape index (κ2) is 8.13. The first-order valence-corrected chi connectivity index (χ1v) is 5.48. The highest BCUT2D eigenvalue weighted by molar-refractivity contribution is 5.67. The van der Waals surface area contributed by atoms with Gasteiger partial charge in [0.05, 0.1) is 0 Å². The van der Waals surface area contributed by atoms with Gasteiger partial charge in [0.25, 0.3) is 0 Å². The fraction of sp³-hybridized carbons (Fsp3) is 0.727. The van der Waals surface area contributed by atoms with E-state index in [1.807, 2.05) is 32.9 Å². The van der Waals surface area contributed by atoms with E-state index in [0.29, 0.717) is 13.1 Å². The number of nitrogens with one attached hydrogen (secondary N) is 2. The van der Waals surface area contributed by atoms with Crippen LogP contribution in [0.5, 0.6) is 0 Å². The van der Waals surface area contributed by atoms with Gasteiger partial charge >= 0.3 is 6.09 Å². The molecule has 0 atom stereocenters. The van der Waals surface area contributed by atoms with Crippen LogP contribution in [0.15, 0.2) is 12.2 Å². The maximum Gasteiger partial charge on any atom is 0.407 e. The van der Waals surface area contributed by atoms with E-state index < -0.39 is 11.7 Å². The van der Waals surface area contributed by atoms with Gasteiger partial charge in [0.1, 0.15) is 5.60 Å². The summed E-state index contributed by atoms with van der Waals surface area (Å²) in [6.07, 6.45) is 3.41. The quantitative estimate of drug-likeness (QED) is 0.461. The molecular weight excluding hydrogens is 206 g/mol. The van der Waals surface area contributed by atoms with Crippen LogP contribution >= 0.6 is 0 Å². The van der Waals surface area contributed by atoms with Crippen molar-refractivity contribution < 1.29 is 9.53 Å². The van der Waals surface area contributed by atoms with Crippen LogP contribution in [-0.2, 0) is 4.74 Å². The van der Waals surface area contributed by atoms with Gasteiger partial charge in [-0.05, 0) is 20.8 Å². The van der Waals surface area contributed by atoms with E-state index in [1.165, 1.54) is 0 Å². The van der Waals surface area contributed by atoms with Gasteiger partial charge in [-0.1, -0.05) is 12.2 Å². The summed E-state index contributed by atoms with van der Waals surface area (Å²) in [6, 6.07) is 0. The molecule has 0 saturated carbocycles. The SMILES string of the molecule is CC(C)(C)OC(=O)NC/C=C/CNCCN. The first kappa shape index (κ1) is 14.9. The molecule has 0 aliphatic rings. The van der Waals surface area contributed by atoms with Crippen LogP contribution < -0.4 is 16.4 Å². The van der Waals surface area contributed by atoms with Crippen molar-refractivity contribution in [3.63, 3.8) is 0 Å². The Morgan fingerprint density at radius 1 is 1.31 bits per heavy atom. The summed E-state index contributed by atoms with van der Waals surface area (Å²) < 4.78 is 5.07. The Bertz CT molecular complexity index is 222. The van der Waals surface area contributed by atoms with E-state index in [9.17, 15) is 4.79 Å². The van der Waals surface area contributed by atoms with Crippen molar-refractivity contribution in [2.45, 2.75) is 26.4 Å². The molecule has 0 aromatic heterocycles. The van der Waals surface area contributed by atoms with E-state index in [1.54, 1.807) is 0 Å². The molecule has 16 heavy (non-hydrogen) atoms. The van der Waals surface area contributed by atoms with Crippen LogP contribution in [0.1, 0.15) is 20.8 Å². The summed E-state index contributed by atoms with van der Waals surface area (Å²) in [4.78, 5) is 11.2. The van der Waals surface area contributed by atoms with E-state index >= 15 is 0 Å². The van der Waals surface area contributed by atoms with Crippen molar-refractivity contribution in [3.05, 3.63) is 12.2 Å². The topological polar surface area (TPSA) is 76.4 Å². The molecule has 94 valence electrons. The second-order valence-electron chi connectivity index (χ2n) is 4.35. The predicted octanol–water partition coefficient (Wildman–Crippen LogP) is 0.616. The molecule has 0 spiro atoms. The normalized spacial score (nSPS) is 11.8. The standard InChI is InChI=1S/C11H23N3O2/c1-11(2,3)16-10(15)14-8-5-4-7-13-9-6-12/h4-5,13H,6-9,12H2,1-3H3,(H,14,15)/b5-4+. The average Bonchev–Trinajstić information content (AvgIpc) is 2.13. The van der Waals surface area contributed by atoms with Crippen molar-refractivity contribution in [1.82, 2.24) is 10.6 Å². The number of carbonyl (C=O) groups is 1. The fourth-order valence-electron chi connectivity index (χ4n) is 0.911. The molecule has 0 bridgehead atoms. The molecule has 0 unspecified atom stereocenters. The maximum atomic E-state index is 11.2. The molecule has 0 fully saturated rings. The van der Waals surface area contributed by atoms with Crippen LogP contribution in [-0.4, -0.2) is 37.9 Å². The lowest BCUT2D eigenvalue weighted by Gasteiger charge is -2.19. The van der Waals surface area contributed by atoms with Crippen molar-refractivity contribution in [2.75, 3.05) is 26.2 Å². The number of hydrogen-bond donors (Lipinski definition) is 3. The lowest BCUT2D eigenvalue weighted by molar-refractivity contribution is 0.0534. The third-order valence-electron chi connectivity index (χ3n) is 1.51. The van der Waals surface area contributed by atoms with Crippen LogP contribution in [0.4, 0.5) is 4.79 Å². The highest BCUT2D eigenvalue weighted by Gasteiger charge is 2.14. The molecular formula is C11H23N3O2. The van der Waals surface area contributed by atoms with Crippen LogP contribution in [0, 0.1) is 0 Å². The zero-order valence-electron chi connectivity index (χ0n) is 10.4. The number of alkyl carbamates (subject to hydrolysis) is 1. The van der Waals surface area contributed by atoms with Gasteiger partial charge in [-0.15, -0.1) is 0 Å². The van der Waals surface area contributed by atoms with Crippen molar-refractivity contribution >= 4 is 6.09 Å². The van der Waals surface area contributed by atoms with Crippen LogP contribution in [0.3, 0.4) is 0 Å². The summed E-state index contributed by atoms with van der Waals surface area (Å²) in [6.45, 7) is 8.15. The molecule has 0 aromatic rings. The molecule has 0 saturated heterocycles. The largest absolute Gasteiger partial charge is 0.444 e. The Kier molecular flexibility index (Phi) is 7.58. The lowest BCUT2D eigenvalue weighted by Crippen LogP contribution is -2.32. The van der Waals surface area contributed by atoms with Gasteiger partial charge in [-0.2, -0.15) is 0 Å². The minimum atomic E-state index is -0.448. The molecule has 0 radical (unpaired) electrons. The minimum absolute atomic E-state index is 0.396. The number of amides is 1. The Morgan fingerprint density at radius 2 is 1.94 bits per heavy atom. The number of nitrogens with two attached hydrogens (primary N) is 1. The smallest absolute Gasteiger partial charge is 0.407 e. The van der Waals surface area contributed by atoms with E-state index in [2.05, 4.69) is 10.6 Å². The van der Waals surface area contributed by atoms with Gasteiger partial charge in [-0.3, -0.25) is 0 Å². The Balaban J connectivity index is 3.47. The summed E-state index contributed by atoms with van der Waals surface area (Å²) in [5.41, 5.74) is 4.86. The first-order valence-electron chi connectivity index (χ1n) is 5.48. The summed E-state index contributed by atoms with van der Waals surface area (Å²) in [5.74, 6) is 0.